The van der Waals surface area contributed by atoms with E-state index in [0.717, 1.165) is 21.5 Å². The van der Waals surface area contributed by atoms with E-state index in [0.29, 0.717) is 18.2 Å². The van der Waals surface area contributed by atoms with Gasteiger partial charge in [0.25, 0.3) is 0 Å². The topological polar surface area (TPSA) is 44.5 Å². The number of hydrogen-bond donors (Lipinski definition) is 1. The van der Waals surface area contributed by atoms with Crippen molar-refractivity contribution in [3.63, 3.8) is 0 Å². The molecule has 0 saturated heterocycles. The predicted molar refractivity (Wildman–Crippen MR) is 96.9 cm³/mol. The van der Waals surface area contributed by atoms with Gasteiger partial charge in [-0.25, -0.2) is 0 Å². The highest BCUT2D eigenvalue weighted by Crippen LogP contribution is 2.26. The van der Waals surface area contributed by atoms with E-state index in [-0.39, 0.29) is 0 Å². The lowest BCUT2D eigenvalue weighted by Crippen LogP contribution is -2.11. The third kappa shape index (κ3) is 4.45. The van der Waals surface area contributed by atoms with Gasteiger partial charge in [-0.3, -0.25) is 0 Å². The van der Waals surface area contributed by atoms with Gasteiger partial charge in [0, 0.05) is 5.56 Å². The summed E-state index contributed by atoms with van der Waals surface area (Å²) in [5.74, 6) is 1.60. The molecule has 0 aliphatic rings. The highest BCUT2D eigenvalue weighted by molar-refractivity contribution is 9.10. The van der Waals surface area contributed by atoms with Gasteiger partial charge in [-0.05, 0) is 71.2 Å². The first-order valence-corrected chi connectivity index (χ1v) is 8.09. The van der Waals surface area contributed by atoms with Gasteiger partial charge >= 0.3 is 0 Å². The molecule has 0 aliphatic carbocycles. The van der Waals surface area contributed by atoms with E-state index in [1.807, 2.05) is 30.3 Å². The highest BCUT2D eigenvalue weighted by atomic mass is 79.9. The fourth-order valence-electron chi connectivity index (χ4n) is 1.89. The van der Waals surface area contributed by atoms with Crippen molar-refractivity contribution in [3.8, 4) is 11.5 Å². The van der Waals surface area contributed by atoms with Gasteiger partial charge in [0.15, 0.2) is 0 Å². The van der Waals surface area contributed by atoms with Crippen LogP contribution in [0.5, 0.6) is 11.5 Å². The largest absolute Gasteiger partial charge is 0.490 e. The third-order valence-electron chi connectivity index (χ3n) is 3.30. The SMILES string of the molecule is Cc1ccc(OCCOc2ccc(C(N)=S)cc2Br)cc1C. The summed E-state index contributed by atoms with van der Waals surface area (Å²) in [4.78, 5) is 0.366. The van der Waals surface area contributed by atoms with Crippen molar-refractivity contribution in [2.45, 2.75) is 13.8 Å². The number of hydrogen-bond acceptors (Lipinski definition) is 3. The van der Waals surface area contributed by atoms with E-state index in [1.165, 1.54) is 11.1 Å². The molecule has 0 bridgehead atoms. The molecule has 0 saturated carbocycles. The molecule has 0 heterocycles. The van der Waals surface area contributed by atoms with Gasteiger partial charge in [-0.15, -0.1) is 0 Å². The molecule has 0 aromatic heterocycles. The molecule has 0 atom stereocenters. The zero-order valence-corrected chi connectivity index (χ0v) is 15.0. The van der Waals surface area contributed by atoms with Crippen molar-refractivity contribution in [3.05, 3.63) is 57.6 Å². The first kappa shape index (κ1) is 16.8. The summed E-state index contributed by atoms with van der Waals surface area (Å²) in [6.45, 7) is 5.08. The Balaban J connectivity index is 1.86. The maximum absolute atomic E-state index is 5.69. The van der Waals surface area contributed by atoms with E-state index in [2.05, 4.69) is 35.8 Å². The van der Waals surface area contributed by atoms with Crippen LogP contribution < -0.4 is 15.2 Å². The molecule has 2 rings (SSSR count). The van der Waals surface area contributed by atoms with Crippen molar-refractivity contribution in [2.24, 2.45) is 5.73 Å². The molecule has 2 N–H and O–H groups in total. The van der Waals surface area contributed by atoms with Crippen molar-refractivity contribution < 1.29 is 9.47 Å². The maximum Gasteiger partial charge on any atom is 0.133 e. The van der Waals surface area contributed by atoms with E-state index in [1.54, 1.807) is 0 Å². The number of benzene rings is 2. The zero-order chi connectivity index (χ0) is 16.1. The molecule has 22 heavy (non-hydrogen) atoms. The van der Waals surface area contributed by atoms with Crippen LogP contribution in [0.2, 0.25) is 0 Å². The Hall–Kier alpha value is -1.59. The lowest BCUT2D eigenvalue weighted by molar-refractivity contribution is 0.216. The first-order valence-electron chi connectivity index (χ1n) is 6.89. The van der Waals surface area contributed by atoms with Crippen LogP contribution in [0.4, 0.5) is 0 Å². The van der Waals surface area contributed by atoms with Gasteiger partial charge in [0.1, 0.15) is 29.7 Å². The Morgan fingerprint density at radius 3 is 2.41 bits per heavy atom. The predicted octanol–water partition coefficient (Wildman–Crippen LogP) is 4.16. The fourth-order valence-corrected chi connectivity index (χ4v) is 2.51. The van der Waals surface area contributed by atoms with Crippen molar-refractivity contribution >= 4 is 33.1 Å². The van der Waals surface area contributed by atoms with Gasteiger partial charge in [0.2, 0.25) is 0 Å². The number of nitrogens with two attached hydrogens (primary N) is 1. The second-order valence-corrected chi connectivity index (χ2v) is 6.25. The molecular weight excluding hydrogens is 362 g/mol. The van der Waals surface area contributed by atoms with Crippen LogP contribution in [0.1, 0.15) is 16.7 Å². The van der Waals surface area contributed by atoms with E-state index < -0.39 is 0 Å². The highest BCUT2D eigenvalue weighted by Gasteiger charge is 2.05. The lowest BCUT2D eigenvalue weighted by atomic mass is 10.1. The number of thiocarbonyl (C=S) groups is 1. The standard InChI is InChI=1S/C17H18BrNO2S/c1-11-3-5-14(9-12(11)2)20-7-8-21-16-6-4-13(17(19)22)10-15(16)18/h3-6,9-10H,7-8H2,1-2H3,(H2,19,22). The zero-order valence-electron chi connectivity index (χ0n) is 12.6. The van der Waals surface area contributed by atoms with Gasteiger partial charge in [0.05, 0.1) is 4.47 Å². The summed E-state index contributed by atoms with van der Waals surface area (Å²) in [5.41, 5.74) is 8.87. The fraction of sp³-hybridized carbons (Fsp3) is 0.235. The summed E-state index contributed by atoms with van der Waals surface area (Å²) in [5, 5.41) is 0. The van der Waals surface area contributed by atoms with Crippen LogP contribution in [0, 0.1) is 13.8 Å². The Morgan fingerprint density at radius 1 is 1.05 bits per heavy atom. The Morgan fingerprint density at radius 2 is 1.77 bits per heavy atom. The summed E-state index contributed by atoms with van der Waals surface area (Å²) >= 11 is 8.39. The van der Waals surface area contributed by atoms with Crippen LogP contribution in [0.25, 0.3) is 0 Å². The Bertz CT molecular complexity index is 688. The van der Waals surface area contributed by atoms with Crippen LogP contribution in [-0.2, 0) is 0 Å². The van der Waals surface area contributed by atoms with Crippen LogP contribution in [-0.4, -0.2) is 18.2 Å². The molecule has 116 valence electrons. The molecule has 3 nitrogen and oxygen atoms in total. The number of aryl methyl sites for hydroxylation is 2. The second-order valence-electron chi connectivity index (χ2n) is 4.95. The summed E-state index contributed by atoms with van der Waals surface area (Å²) < 4.78 is 12.2. The summed E-state index contributed by atoms with van der Waals surface area (Å²) in [6.07, 6.45) is 0. The van der Waals surface area contributed by atoms with Crippen LogP contribution in [0.3, 0.4) is 0 Å². The average Bonchev–Trinajstić information content (AvgIpc) is 2.48. The lowest BCUT2D eigenvalue weighted by Gasteiger charge is -2.11. The second kappa shape index (κ2) is 7.61. The average molecular weight is 380 g/mol. The van der Waals surface area contributed by atoms with E-state index in [4.69, 9.17) is 27.4 Å². The molecule has 0 fully saturated rings. The molecule has 2 aromatic rings. The summed E-state index contributed by atoms with van der Waals surface area (Å²) in [6, 6.07) is 11.6. The normalized spacial score (nSPS) is 10.3. The molecule has 0 aliphatic heterocycles. The van der Waals surface area contributed by atoms with E-state index in [9.17, 15) is 0 Å². The summed E-state index contributed by atoms with van der Waals surface area (Å²) in [7, 11) is 0. The van der Waals surface area contributed by atoms with Crippen LogP contribution in [0.15, 0.2) is 40.9 Å². The molecule has 5 heteroatoms. The van der Waals surface area contributed by atoms with Gasteiger partial charge in [-0.1, -0.05) is 18.3 Å². The minimum absolute atomic E-state index is 0.366. The Kier molecular flexibility index (Phi) is 5.80. The Labute approximate surface area is 144 Å². The number of rotatable bonds is 6. The monoisotopic (exact) mass is 379 g/mol. The first-order chi connectivity index (χ1) is 10.5. The van der Waals surface area contributed by atoms with Crippen molar-refractivity contribution in [1.29, 1.82) is 0 Å². The minimum atomic E-state index is 0.366. The third-order valence-corrected chi connectivity index (χ3v) is 4.16. The van der Waals surface area contributed by atoms with Gasteiger partial charge in [-0.2, -0.15) is 0 Å². The molecule has 0 radical (unpaired) electrons. The number of ether oxygens (including phenoxy) is 2. The van der Waals surface area contributed by atoms with Gasteiger partial charge < -0.3 is 15.2 Å². The maximum atomic E-state index is 5.69. The molecular formula is C17H18BrNO2S. The molecule has 2 aromatic carbocycles. The smallest absolute Gasteiger partial charge is 0.133 e. The molecule has 0 spiro atoms. The van der Waals surface area contributed by atoms with Crippen LogP contribution >= 0.6 is 28.1 Å². The van der Waals surface area contributed by atoms with Crippen molar-refractivity contribution in [1.82, 2.24) is 0 Å². The van der Waals surface area contributed by atoms with E-state index >= 15 is 0 Å². The number of halogens is 1. The molecule has 0 unspecified atom stereocenters. The quantitative estimate of drug-likeness (QED) is 0.604. The minimum Gasteiger partial charge on any atom is -0.490 e. The van der Waals surface area contributed by atoms with Crippen molar-refractivity contribution in [2.75, 3.05) is 13.2 Å². The molecule has 0 amide bonds.